The summed E-state index contributed by atoms with van der Waals surface area (Å²) in [5.41, 5.74) is 2.89. The maximum absolute atomic E-state index is 12.6. The van der Waals surface area contributed by atoms with E-state index in [0.29, 0.717) is 24.0 Å². The van der Waals surface area contributed by atoms with Gasteiger partial charge < -0.3 is 18.9 Å². The zero-order chi connectivity index (χ0) is 36.6. The number of esters is 2. The Morgan fingerprint density at radius 1 is 0.686 bits per heavy atom. The Balaban J connectivity index is 1.70. The largest absolute Gasteiger partial charge is 0.489 e. The molecule has 2 atom stereocenters. The van der Waals surface area contributed by atoms with Gasteiger partial charge in [0.05, 0.1) is 0 Å². The van der Waals surface area contributed by atoms with Crippen molar-refractivity contribution in [3.05, 3.63) is 101 Å². The zero-order valence-corrected chi connectivity index (χ0v) is 31.9. The normalized spacial score (nSPS) is 13.5. The van der Waals surface area contributed by atoms with Crippen molar-refractivity contribution in [2.45, 2.75) is 122 Å². The first-order chi connectivity index (χ1) is 24.7. The number of benzene rings is 3. The summed E-state index contributed by atoms with van der Waals surface area (Å²) in [6.07, 6.45) is 12.9. The van der Waals surface area contributed by atoms with E-state index in [1.807, 2.05) is 18.2 Å². The maximum atomic E-state index is 12.6. The second kappa shape index (κ2) is 20.8. The molecule has 0 aromatic heterocycles. The first-order valence-corrected chi connectivity index (χ1v) is 19.5. The molecule has 0 radical (unpaired) electrons. The highest BCUT2D eigenvalue weighted by Crippen LogP contribution is 2.46. The first-order valence-electron chi connectivity index (χ1n) is 18.7. The molecule has 0 spiro atoms. The van der Waals surface area contributed by atoms with Crippen LogP contribution in [0.15, 0.2) is 94.8 Å². The third kappa shape index (κ3) is 12.1. The second-order valence-corrected chi connectivity index (χ2v) is 14.8. The molecule has 2 unspecified atom stereocenters. The molecule has 0 saturated heterocycles. The number of fused-ring (bicyclic) bond motifs is 2. The molecule has 0 aliphatic heterocycles. The van der Waals surface area contributed by atoms with Gasteiger partial charge in [0.25, 0.3) is 0 Å². The minimum Gasteiger partial charge on any atom is -0.489 e. The highest BCUT2D eigenvalue weighted by atomic mass is 32.2. The summed E-state index contributed by atoms with van der Waals surface area (Å²) in [5, 5.41) is 1.87. The van der Waals surface area contributed by atoms with E-state index in [4.69, 9.17) is 18.9 Å². The molecule has 7 heteroatoms. The zero-order valence-electron chi connectivity index (χ0n) is 31.1. The van der Waals surface area contributed by atoms with E-state index in [1.165, 1.54) is 9.80 Å². The number of thioether (sulfide) groups is 1. The lowest BCUT2D eigenvalue weighted by Crippen LogP contribution is -2.27. The van der Waals surface area contributed by atoms with Crippen molar-refractivity contribution in [1.29, 1.82) is 0 Å². The highest BCUT2D eigenvalue weighted by molar-refractivity contribution is 8.03. The van der Waals surface area contributed by atoms with E-state index in [-0.39, 0.29) is 13.2 Å². The number of allylic oxidation sites excluding steroid dienone is 2. The highest BCUT2D eigenvalue weighted by Gasteiger charge is 2.27. The van der Waals surface area contributed by atoms with Crippen LogP contribution in [0.1, 0.15) is 103 Å². The Bertz CT molecular complexity index is 1660. The standard InChI is InChI=1S/C44H56O6S/c1-7-9-11-14-20-33(49-43(45)31(3)4)29-47-41-37-24-18-19-25-38(37)42(48-30-34(21-15-12-10-8-2)50-44(46)32(5)6)40-28-36(26-27-39(40)41)51-35-22-16-13-17-23-35/h13,16-19,22-26,33-34H,3,5,7-12,14-15,20-21,27-30H2,1-2,4,6H3. The summed E-state index contributed by atoms with van der Waals surface area (Å²) in [4.78, 5) is 27.7. The number of hydrogen-bond donors (Lipinski definition) is 0. The molecule has 0 saturated carbocycles. The lowest BCUT2D eigenvalue weighted by Gasteiger charge is -2.27. The van der Waals surface area contributed by atoms with Crippen LogP contribution in [0.3, 0.4) is 0 Å². The van der Waals surface area contributed by atoms with Crippen LogP contribution in [0.2, 0.25) is 0 Å². The molecule has 0 bridgehead atoms. The summed E-state index contributed by atoms with van der Waals surface area (Å²) in [5.74, 6) is 0.803. The minimum absolute atomic E-state index is 0.239. The lowest BCUT2D eigenvalue weighted by atomic mass is 9.90. The number of unbranched alkanes of at least 4 members (excludes halogenated alkanes) is 6. The molecular weight excluding hydrogens is 657 g/mol. The molecule has 4 rings (SSSR count). The van der Waals surface area contributed by atoms with Gasteiger partial charge in [-0.1, -0.05) is 126 Å². The number of rotatable bonds is 22. The van der Waals surface area contributed by atoms with Gasteiger partial charge in [-0.25, -0.2) is 9.59 Å². The average Bonchev–Trinajstić information content (AvgIpc) is 3.13. The summed E-state index contributed by atoms with van der Waals surface area (Å²) < 4.78 is 25.3. The smallest absolute Gasteiger partial charge is 0.333 e. The van der Waals surface area contributed by atoms with Crippen molar-refractivity contribution in [3.8, 4) is 11.5 Å². The third-order valence-corrected chi connectivity index (χ3v) is 10.1. The second-order valence-electron chi connectivity index (χ2n) is 13.6. The van der Waals surface area contributed by atoms with Crippen LogP contribution < -0.4 is 9.47 Å². The quantitative estimate of drug-likeness (QED) is 0.0583. The van der Waals surface area contributed by atoms with Crippen LogP contribution in [0.25, 0.3) is 10.8 Å². The van der Waals surface area contributed by atoms with Gasteiger partial charge in [0.15, 0.2) is 0 Å². The molecule has 51 heavy (non-hydrogen) atoms. The number of ether oxygens (including phenoxy) is 4. The van der Waals surface area contributed by atoms with Crippen molar-refractivity contribution >= 4 is 34.5 Å². The van der Waals surface area contributed by atoms with E-state index in [0.717, 1.165) is 97.6 Å². The Hall–Kier alpha value is -3.97. The molecule has 0 N–H and O–H groups in total. The Morgan fingerprint density at radius 3 is 1.67 bits per heavy atom. The van der Waals surface area contributed by atoms with Crippen molar-refractivity contribution in [3.63, 3.8) is 0 Å². The summed E-state index contributed by atoms with van der Waals surface area (Å²) in [6.45, 7) is 15.8. The predicted octanol–water partition coefficient (Wildman–Crippen LogP) is 11.3. The molecule has 0 heterocycles. The van der Waals surface area contributed by atoms with Gasteiger partial charge in [-0.05, 0) is 63.0 Å². The van der Waals surface area contributed by atoms with Crippen LogP contribution in [0.4, 0.5) is 0 Å². The molecule has 3 aromatic rings. The predicted molar refractivity (Wildman–Crippen MR) is 210 cm³/mol. The molecular formula is C44H56O6S. The maximum Gasteiger partial charge on any atom is 0.333 e. The topological polar surface area (TPSA) is 71.1 Å². The Kier molecular flexibility index (Phi) is 16.2. The average molecular weight is 713 g/mol. The number of carbonyl (C=O) groups is 2. The van der Waals surface area contributed by atoms with Gasteiger partial charge in [-0.2, -0.15) is 0 Å². The van der Waals surface area contributed by atoms with E-state index >= 15 is 0 Å². The van der Waals surface area contributed by atoms with Gasteiger partial charge in [-0.15, -0.1) is 0 Å². The SMILES string of the molecule is C=C(C)C(=O)OC(CCCCCC)COc1c2c(c(OCC(CCCCCC)OC(=O)C(=C)C)c3ccccc13)CC(Sc1ccccc1)=CC2. The van der Waals surface area contributed by atoms with Crippen LogP contribution in [0.5, 0.6) is 11.5 Å². The van der Waals surface area contributed by atoms with Crippen molar-refractivity contribution in [2.75, 3.05) is 13.2 Å². The van der Waals surface area contributed by atoms with Crippen LogP contribution in [-0.4, -0.2) is 37.4 Å². The number of hydrogen-bond acceptors (Lipinski definition) is 7. The van der Waals surface area contributed by atoms with Crippen molar-refractivity contribution in [1.82, 2.24) is 0 Å². The summed E-state index contributed by atoms with van der Waals surface area (Å²) in [6, 6.07) is 18.5. The summed E-state index contributed by atoms with van der Waals surface area (Å²) >= 11 is 1.76. The molecule has 1 aliphatic carbocycles. The monoisotopic (exact) mass is 712 g/mol. The van der Waals surface area contributed by atoms with Gasteiger partial charge in [0.2, 0.25) is 0 Å². The number of carbonyl (C=O) groups excluding carboxylic acids is 2. The van der Waals surface area contributed by atoms with Crippen LogP contribution in [0, 0.1) is 0 Å². The third-order valence-electron chi connectivity index (χ3n) is 9.04. The van der Waals surface area contributed by atoms with Crippen molar-refractivity contribution < 1.29 is 28.5 Å². The molecule has 6 nitrogen and oxygen atoms in total. The Labute approximate surface area is 309 Å². The van der Waals surface area contributed by atoms with Gasteiger partial charge in [-0.3, -0.25) is 0 Å². The van der Waals surface area contributed by atoms with Crippen LogP contribution in [-0.2, 0) is 31.9 Å². The van der Waals surface area contributed by atoms with E-state index in [1.54, 1.807) is 25.6 Å². The van der Waals surface area contributed by atoms with Crippen molar-refractivity contribution in [2.24, 2.45) is 0 Å². The van der Waals surface area contributed by atoms with Gasteiger partial charge in [0, 0.05) is 44.4 Å². The minimum atomic E-state index is -0.398. The van der Waals surface area contributed by atoms with Gasteiger partial charge in [0.1, 0.15) is 36.9 Å². The fraction of sp³-hybridized carbons (Fsp3) is 0.455. The van der Waals surface area contributed by atoms with E-state index < -0.39 is 24.1 Å². The van der Waals surface area contributed by atoms with E-state index in [2.05, 4.69) is 69.5 Å². The fourth-order valence-electron chi connectivity index (χ4n) is 6.20. The van der Waals surface area contributed by atoms with Crippen LogP contribution >= 0.6 is 11.8 Å². The van der Waals surface area contributed by atoms with Gasteiger partial charge >= 0.3 is 11.9 Å². The molecule has 0 amide bonds. The Morgan fingerprint density at radius 2 is 1.18 bits per heavy atom. The summed E-state index contributed by atoms with van der Waals surface area (Å²) in [7, 11) is 0. The lowest BCUT2D eigenvalue weighted by molar-refractivity contribution is -0.147. The molecule has 0 fully saturated rings. The molecule has 1 aliphatic rings. The molecule has 274 valence electrons. The fourth-order valence-corrected chi connectivity index (χ4v) is 7.18. The molecule has 3 aromatic carbocycles. The van der Waals surface area contributed by atoms with E-state index in [9.17, 15) is 9.59 Å². The first kappa shape index (κ1) is 39.8.